The van der Waals surface area contributed by atoms with E-state index < -0.39 is 173 Å². The van der Waals surface area contributed by atoms with Crippen molar-refractivity contribution in [1.82, 2.24) is 10.6 Å². The van der Waals surface area contributed by atoms with Crippen LogP contribution in [0, 0.1) is 0 Å². The molecule has 16 N–H and O–H groups in total. The predicted octanol–water partition coefficient (Wildman–Crippen LogP) is -9.59. The summed E-state index contributed by atoms with van der Waals surface area (Å²) in [6.45, 7) is -0.978. The molecule has 25 nitrogen and oxygen atoms in total. The van der Waals surface area contributed by atoms with Crippen molar-refractivity contribution in [2.45, 2.75) is 149 Å². The Hall–Kier alpha value is -2.35. The summed E-state index contributed by atoms with van der Waals surface area (Å²) in [7, 11) is 0. The molecular weight excluding hydrogens is 768 g/mol. The SMILES string of the molecule is CC(=O)N[C@H]1[C@H]([C@H](O)[C@H](O)CO)O[C@@](OC[C@@H](O)[C@H](O)[C@H](O[C@@H]2O[C@H](CO)[C@H](O)[C@H](O)[C@H]2O[C@@H]2O[C@@H](C)[C@@H](O)[C@@H](O)[C@@H]2O)[C@H](CO)NC(C)=O)(C(=O)O)C[C@@H]1O. The molecule has 3 aliphatic rings. The topological polar surface area (TPSA) is 414 Å². The van der Waals surface area contributed by atoms with Crippen LogP contribution in [0.2, 0.25) is 0 Å². The second-order valence-corrected chi connectivity index (χ2v) is 13.8. The molecule has 0 bridgehead atoms. The Labute approximate surface area is 318 Å². The van der Waals surface area contributed by atoms with Gasteiger partial charge in [-0.25, -0.2) is 4.79 Å². The molecule has 0 aromatic carbocycles. The third-order valence-electron chi connectivity index (χ3n) is 9.60. The van der Waals surface area contributed by atoms with Crippen molar-refractivity contribution in [3.05, 3.63) is 0 Å². The van der Waals surface area contributed by atoms with Gasteiger partial charge in [0.25, 0.3) is 5.79 Å². The Bertz CT molecular complexity index is 1290. The highest BCUT2D eigenvalue weighted by atomic mass is 16.8. The minimum atomic E-state index is -2.98. The van der Waals surface area contributed by atoms with Crippen LogP contribution in [0.4, 0.5) is 0 Å². The molecule has 0 aliphatic carbocycles. The summed E-state index contributed by atoms with van der Waals surface area (Å²) < 4.78 is 33.3. The molecule has 2 amide bonds. The van der Waals surface area contributed by atoms with Crippen molar-refractivity contribution in [2.24, 2.45) is 0 Å². The van der Waals surface area contributed by atoms with E-state index in [1.165, 1.54) is 6.92 Å². The lowest BCUT2D eigenvalue weighted by Gasteiger charge is -2.47. The molecule has 20 atom stereocenters. The lowest BCUT2D eigenvalue weighted by atomic mass is 9.88. The van der Waals surface area contributed by atoms with Gasteiger partial charge in [0.15, 0.2) is 12.6 Å². The highest BCUT2D eigenvalue weighted by Gasteiger charge is 2.57. The maximum absolute atomic E-state index is 12.6. The Balaban J connectivity index is 1.95. The molecule has 0 aromatic rings. The highest BCUT2D eigenvalue weighted by molar-refractivity contribution is 5.76. The van der Waals surface area contributed by atoms with Crippen molar-refractivity contribution < 1.29 is 114 Å². The molecule has 3 aliphatic heterocycles. The van der Waals surface area contributed by atoms with E-state index in [0.717, 1.165) is 13.8 Å². The summed E-state index contributed by atoms with van der Waals surface area (Å²) in [5.74, 6) is -6.54. The molecule has 3 saturated heterocycles. The van der Waals surface area contributed by atoms with Crippen LogP contribution in [-0.4, -0.2) is 238 Å². The van der Waals surface area contributed by atoms with Gasteiger partial charge in [-0.05, 0) is 6.92 Å². The third-order valence-corrected chi connectivity index (χ3v) is 9.60. The lowest BCUT2D eigenvalue weighted by Crippen LogP contribution is -2.68. The second-order valence-electron chi connectivity index (χ2n) is 13.8. The van der Waals surface area contributed by atoms with E-state index in [9.17, 15) is 85.9 Å². The number of rotatable bonds is 18. The van der Waals surface area contributed by atoms with Gasteiger partial charge in [-0.15, -0.1) is 0 Å². The van der Waals surface area contributed by atoms with E-state index in [0.29, 0.717) is 0 Å². The van der Waals surface area contributed by atoms with E-state index >= 15 is 0 Å². The molecule has 0 radical (unpaired) electrons. The van der Waals surface area contributed by atoms with Crippen molar-refractivity contribution in [3.8, 4) is 0 Å². The molecule has 3 fully saturated rings. The first-order valence-electron chi connectivity index (χ1n) is 17.5. The van der Waals surface area contributed by atoms with E-state index in [2.05, 4.69) is 10.6 Å². The van der Waals surface area contributed by atoms with Crippen LogP contribution in [0.5, 0.6) is 0 Å². The van der Waals surface area contributed by atoms with Crippen LogP contribution >= 0.6 is 0 Å². The average Bonchev–Trinajstić information content (AvgIpc) is 3.15. The number of hydrogen-bond acceptors (Lipinski definition) is 22. The average molecular weight is 823 g/mol. The molecule has 3 rings (SSSR count). The van der Waals surface area contributed by atoms with E-state index in [-0.39, 0.29) is 0 Å². The van der Waals surface area contributed by atoms with Gasteiger partial charge >= 0.3 is 5.97 Å². The van der Waals surface area contributed by atoms with Gasteiger partial charge in [-0.1, -0.05) is 0 Å². The van der Waals surface area contributed by atoms with Gasteiger partial charge in [0.05, 0.1) is 50.7 Å². The molecule has 0 saturated carbocycles. The Kier molecular flexibility index (Phi) is 17.6. The first-order valence-corrected chi connectivity index (χ1v) is 17.5. The van der Waals surface area contributed by atoms with Gasteiger partial charge in [0.2, 0.25) is 11.8 Å². The summed E-state index contributed by atoms with van der Waals surface area (Å²) in [5.41, 5.74) is 0. The van der Waals surface area contributed by atoms with Crippen LogP contribution in [0.15, 0.2) is 0 Å². The van der Waals surface area contributed by atoms with E-state index in [4.69, 9.17) is 28.4 Å². The smallest absolute Gasteiger partial charge is 0.364 e. The van der Waals surface area contributed by atoms with E-state index in [1.54, 1.807) is 0 Å². The lowest BCUT2D eigenvalue weighted by molar-refractivity contribution is -0.373. The first kappa shape index (κ1) is 48.0. The Morgan fingerprint density at radius 1 is 0.821 bits per heavy atom. The third kappa shape index (κ3) is 11.0. The monoisotopic (exact) mass is 822 g/mol. The van der Waals surface area contributed by atoms with Crippen LogP contribution < -0.4 is 10.6 Å². The molecule has 326 valence electrons. The van der Waals surface area contributed by atoms with Crippen molar-refractivity contribution >= 4 is 17.8 Å². The van der Waals surface area contributed by atoms with E-state index in [1.807, 2.05) is 0 Å². The number of aliphatic hydroxyl groups is 13. The number of aliphatic hydroxyl groups excluding tert-OH is 13. The van der Waals surface area contributed by atoms with Gasteiger partial charge in [0.1, 0.15) is 79.4 Å². The van der Waals surface area contributed by atoms with Crippen molar-refractivity contribution in [1.29, 1.82) is 0 Å². The number of amides is 2. The Morgan fingerprint density at radius 2 is 1.46 bits per heavy atom. The summed E-state index contributed by atoms with van der Waals surface area (Å²) in [6.07, 6.45) is -33.6. The molecule has 0 unspecified atom stereocenters. The van der Waals surface area contributed by atoms with Gasteiger partial charge in [0, 0.05) is 20.3 Å². The number of hydrogen-bond donors (Lipinski definition) is 16. The largest absolute Gasteiger partial charge is 0.477 e. The fourth-order valence-electron chi connectivity index (χ4n) is 6.47. The number of carbonyl (C=O) groups is 3. The van der Waals surface area contributed by atoms with Crippen molar-refractivity contribution in [3.63, 3.8) is 0 Å². The minimum Gasteiger partial charge on any atom is -0.477 e. The normalized spacial score (nSPS) is 39.8. The van der Waals surface area contributed by atoms with Gasteiger partial charge in [-0.3, -0.25) is 9.59 Å². The maximum Gasteiger partial charge on any atom is 0.364 e. The number of carboxylic acid groups (broad SMARTS) is 1. The summed E-state index contributed by atoms with van der Waals surface area (Å²) >= 11 is 0. The second kappa shape index (κ2) is 20.6. The molecule has 3 heterocycles. The highest BCUT2D eigenvalue weighted by Crippen LogP contribution is 2.35. The maximum atomic E-state index is 12.6. The zero-order chi connectivity index (χ0) is 42.4. The summed E-state index contributed by atoms with van der Waals surface area (Å²) in [6, 6.07) is -3.24. The van der Waals surface area contributed by atoms with Crippen LogP contribution in [0.1, 0.15) is 27.2 Å². The number of aliphatic carboxylic acids is 1. The quantitative estimate of drug-likeness (QED) is 0.0610. The van der Waals surface area contributed by atoms with Gasteiger partial charge < -0.3 is 111 Å². The summed E-state index contributed by atoms with van der Waals surface area (Å²) in [5, 5.41) is 151. The van der Waals surface area contributed by atoms with Gasteiger partial charge in [-0.2, -0.15) is 0 Å². The van der Waals surface area contributed by atoms with Crippen LogP contribution in [0.3, 0.4) is 0 Å². The molecular formula is C31H54N2O23. The number of nitrogens with one attached hydrogen (secondary N) is 2. The predicted molar refractivity (Wildman–Crippen MR) is 175 cm³/mol. The molecule has 0 aromatic heterocycles. The summed E-state index contributed by atoms with van der Waals surface area (Å²) in [4.78, 5) is 36.5. The number of carboxylic acids is 1. The number of ether oxygens (including phenoxy) is 6. The van der Waals surface area contributed by atoms with Crippen LogP contribution in [-0.2, 0) is 42.8 Å². The zero-order valence-electron chi connectivity index (χ0n) is 30.4. The Morgan fingerprint density at radius 3 is 2.00 bits per heavy atom. The number of carbonyl (C=O) groups excluding carboxylic acids is 2. The fourth-order valence-corrected chi connectivity index (χ4v) is 6.47. The standard InChI is InChI=1S/C31H54N2O23/c1-9-18(42)22(46)24(48)28(52-9)55-27-23(47)21(45)16(7-36)53-29(27)54-25(12(5-34)32-10(2)37)20(44)15(41)8-51-31(30(49)50)4-13(39)17(33-11(3)38)26(56-31)19(43)14(40)6-35/h9,12-29,34-36,39-48H,4-8H2,1-3H3,(H,32,37)(H,33,38)(H,49,50)/t9-,12-,13-,14+,15+,16+,17+,18+,19+,20-,21-,22+,23-,24-,25+,26+,27+,28-,29-,31+/m0/s1. The molecule has 56 heavy (non-hydrogen) atoms. The molecule has 0 spiro atoms. The molecule has 25 heteroatoms. The first-order chi connectivity index (χ1) is 26.1. The zero-order valence-corrected chi connectivity index (χ0v) is 30.4. The van der Waals surface area contributed by atoms with Crippen molar-refractivity contribution in [2.75, 3.05) is 26.4 Å². The minimum absolute atomic E-state index is 0.769. The van der Waals surface area contributed by atoms with Crippen LogP contribution in [0.25, 0.3) is 0 Å². The fraction of sp³-hybridized carbons (Fsp3) is 0.903.